The third-order valence-corrected chi connectivity index (χ3v) is 2.25. The molecule has 1 rings (SSSR count). The highest BCUT2D eigenvalue weighted by Gasteiger charge is 2.23. The van der Waals surface area contributed by atoms with Crippen molar-refractivity contribution >= 4 is 0 Å². The highest BCUT2D eigenvalue weighted by molar-refractivity contribution is 4.80. The minimum absolute atomic E-state index is 0.116. The first-order valence-electron chi connectivity index (χ1n) is 4.23. The van der Waals surface area contributed by atoms with E-state index in [0.717, 1.165) is 26.1 Å². The minimum atomic E-state index is -0.116. The zero-order valence-corrected chi connectivity index (χ0v) is 7.38. The van der Waals surface area contributed by atoms with Crippen molar-refractivity contribution in [2.24, 2.45) is 5.92 Å². The van der Waals surface area contributed by atoms with Gasteiger partial charge in [-0.25, -0.2) is 0 Å². The van der Waals surface area contributed by atoms with E-state index in [2.05, 4.69) is 24.3 Å². The van der Waals surface area contributed by atoms with Crippen LogP contribution in [-0.4, -0.2) is 49.8 Å². The van der Waals surface area contributed by atoms with E-state index in [1.807, 2.05) is 0 Å². The van der Waals surface area contributed by atoms with Crippen molar-refractivity contribution in [2.45, 2.75) is 12.5 Å². The number of hydrogen-bond donors (Lipinski definition) is 2. The Morgan fingerprint density at radius 1 is 1.45 bits per heavy atom. The highest BCUT2D eigenvalue weighted by atomic mass is 16.3. The summed E-state index contributed by atoms with van der Waals surface area (Å²) in [5.74, 6) is 0.470. The van der Waals surface area contributed by atoms with Crippen molar-refractivity contribution in [1.82, 2.24) is 10.2 Å². The first-order valence-corrected chi connectivity index (χ1v) is 4.23. The average Bonchev–Trinajstić information content (AvgIpc) is 2.31. The Morgan fingerprint density at radius 2 is 2.18 bits per heavy atom. The van der Waals surface area contributed by atoms with Crippen LogP contribution in [0.2, 0.25) is 0 Å². The molecule has 66 valence electrons. The molecule has 1 heterocycles. The molecule has 1 aliphatic rings. The lowest BCUT2D eigenvalue weighted by molar-refractivity contribution is 0.137. The Hall–Kier alpha value is -0.120. The standard InChI is InChI=1S/C8H18N2O/c1-10(2)4-3-7-5-9-6-8(7)11/h7-9,11H,3-6H2,1-2H3/t7-,8-/m0/s1. The number of aliphatic hydroxyl groups is 1. The Morgan fingerprint density at radius 3 is 2.64 bits per heavy atom. The van der Waals surface area contributed by atoms with Gasteiger partial charge in [-0.05, 0) is 33.0 Å². The molecule has 1 fully saturated rings. The molecule has 11 heavy (non-hydrogen) atoms. The molecular formula is C8H18N2O. The van der Waals surface area contributed by atoms with Gasteiger partial charge in [-0.2, -0.15) is 0 Å². The molecule has 0 radical (unpaired) electrons. The van der Waals surface area contributed by atoms with Crippen LogP contribution in [0.4, 0.5) is 0 Å². The Bertz CT molecular complexity index is 117. The molecule has 0 aromatic rings. The predicted octanol–water partition coefficient (Wildman–Crippen LogP) is -0.482. The second kappa shape index (κ2) is 4.04. The third-order valence-electron chi connectivity index (χ3n) is 2.25. The molecule has 0 saturated carbocycles. The van der Waals surface area contributed by atoms with E-state index >= 15 is 0 Å². The van der Waals surface area contributed by atoms with Crippen LogP contribution in [-0.2, 0) is 0 Å². The van der Waals surface area contributed by atoms with E-state index < -0.39 is 0 Å². The molecule has 0 aromatic carbocycles. The summed E-state index contributed by atoms with van der Waals surface area (Å²) < 4.78 is 0. The average molecular weight is 158 g/mol. The number of hydrogen-bond acceptors (Lipinski definition) is 3. The van der Waals surface area contributed by atoms with Crippen LogP contribution in [0.1, 0.15) is 6.42 Å². The van der Waals surface area contributed by atoms with Gasteiger partial charge in [0.05, 0.1) is 6.10 Å². The Kier molecular flexibility index (Phi) is 3.30. The van der Waals surface area contributed by atoms with Gasteiger partial charge in [0.15, 0.2) is 0 Å². The smallest absolute Gasteiger partial charge is 0.0705 e. The minimum Gasteiger partial charge on any atom is -0.391 e. The van der Waals surface area contributed by atoms with Crippen molar-refractivity contribution in [3.05, 3.63) is 0 Å². The van der Waals surface area contributed by atoms with Gasteiger partial charge >= 0.3 is 0 Å². The van der Waals surface area contributed by atoms with Gasteiger partial charge < -0.3 is 15.3 Å². The predicted molar refractivity (Wildman–Crippen MR) is 45.5 cm³/mol. The maximum Gasteiger partial charge on any atom is 0.0705 e. The van der Waals surface area contributed by atoms with Gasteiger partial charge in [-0.1, -0.05) is 0 Å². The van der Waals surface area contributed by atoms with Crippen molar-refractivity contribution in [3.8, 4) is 0 Å². The van der Waals surface area contributed by atoms with Gasteiger partial charge in [0.2, 0.25) is 0 Å². The van der Waals surface area contributed by atoms with Gasteiger partial charge in [0.25, 0.3) is 0 Å². The molecule has 0 amide bonds. The highest BCUT2D eigenvalue weighted by Crippen LogP contribution is 2.12. The van der Waals surface area contributed by atoms with E-state index in [1.54, 1.807) is 0 Å². The van der Waals surface area contributed by atoms with Crippen LogP contribution in [0.15, 0.2) is 0 Å². The zero-order valence-electron chi connectivity index (χ0n) is 7.38. The quantitative estimate of drug-likeness (QED) is 0.582. The van der Waals surface area contributed by atoms with Crippen molar-refractivity contribution in [3.63, 3.8) is 0 Å². The van der Waals surface area contributed by atoms with Crippen LogP contribution in [0.3, 0.4) is 0 Å². The monoisotopic (exact) mass is 158 g/mol. The van der Waals surface area contributed by atoms with E-state index in [-0.39, 0.29) is 6.10 Å². The summed E-state index contributed by atoms with van der Waals surface area (Å²) in [5.41, 5.74) is 0. The molecule has 1 aliphatic heterocycles. The fraction of sp³-hybridized carbons (Fsp3) is 1.00. The number of nitrogens with one attached hydrogen (secondary N) is 1. The number of β-amino-alcohol motifs (C(OH)–C–C–N with tert-alkyl or cyclic N) is 1. The lowest BCUT2D eigenvalue weighted by atomic mass is 10.0. The van der Waals surface area contributed by atoms with E-state index in [9.17, 15) is 5.11 Å². The Labute approximate surface area is 68.4 Å². The largest absolute Gasteiger partial charge is 0.391 e. The molecule has 0 bridgehead atoms. The maximum atomic E-state index is 9.42. The molecule has 0 aliphatic carbocycles. The molecule has 2 N–H and O–H groups in total. The SMILES string of the molecule is CN(C)CC[C@H]1CNC[C@@H]1O. The molecular weight excluding hydrogens is 140 g/mol. The van der Waals surface area contributed by atoms with Crippen molar-refractivity contribution in [2.75, 3.05) is 33.7 Å². The number of nitrogens with zero attached hydrogens (tertiary/aromatic N) is 1. The maximum absolute atomic E-state index is 9.42. The summed E-state index contributed by atoms with van der Waals surface area (Å²) in [6.45, 7) is 2.83. The summed E-state index contributed by atoms with van der Waals surface area (Å²) in [6.07, 6.45) is 0.983. The lowest BCUT2D eigenvalue weighted by Gasteiger charge is -2.15. The van der Waals surface area contributed by atoms with Crippen molar-refractivity contribution < 1.29 is 5.11 Å². The molecule has 0 unspecified atom stereocenters. The lowest BCUT2D eigenvalue weighted by Crippen LogP contribution is -2.23. The van der Waals surface area contributed by atoms with Crippen LogP contribution in [0.5, 0.6) is 0 Å². The first-order chi connectivity index (χ1) is 5.20. The van der Waals surface area contributed by atoms with Gasteiger partial charge in [-0.3, -0.25) is 0 Å². The second-order valence-electron chi connectivity index (χ2n) is 3.58. The third kappa shape index (κ3) is 2.77. The molecule has 3 heteroatoms. The second-order valence-corrected chi connectivity index (χ2v) is 3.58. The van der Waals surface area contributed by atoms with E-state index in [4.69, 9.17) is 0 Å². The van der Waals surface area contributed by atoms with E-state index in [0.29, 0.717) is 5.92 Å². The van der Waals surface area contributed by atoms with Gasteiger partial charge in [0.1, 0.15) is 0 Å². The van der Waals surface area contributed by atoms with Crippen LogP contribution < -0.4 is 5.32 Å². The van der Waals surface area contributed by atoms with Gasteiger partial charge in [-0.15, -0.1) is 0 Å². The normalized spacial score (nSPS) is 31.6. The van der Waals surface area contributed by atoms with Crippen molar-refractivity contribution in [1.29, 1.82) is 0 Å². The van der Waals surface area contributed by atoms with E-state index in [1.165, 1.54) is 0 Å². The summed E-state index contributed by atoms with van der Waals surface area (Å²) >= 11 is 0. The number of rotatable bonds is 3. The molecule has 1 saturated heterocycles. The molecule has 2 atom stereocenters. The van der Waals surface area contributed by atoms with Gasteiger partial charge in [0, 0.05) is 13.1 Å². The van der Waals surface area contributed by atoms with Crippen LogP contribution in [0.25, 0.3) is 0 Å². The molecule has 3 nitrogen and oxygen atoms in total. The first kappa shape index (κ1) is 8.97. The number of aliphatic hydroxyl groups excluding tert-OH is 1. The fourth-order valence-electron chi connectivity index (χ4n) is 1.44. The van der Waals surface area contributed by atoms with Crippen LogP contribution >= 0.6 is 0 Å². The Balaban J connectivity index is 2.15. The molecule has 0 spiro atoms. The zero-order chi connectivity index (χ0) is 8.27. The summed E-state index contributed by atoms with van der Waals surface area (Å²) in [7, 11) is 4.13. The summed E-state index contributed by atoms with van der Waals surface area (Å²) in [6, 6.07) is 0. The topological polar surface area (TPSA) is 35.5 Å². The fourth-order valence-corrected chi connectivity index (χ4v) is 1.44. The summed E-state index contributed by atoms with van der Waals surface area (Å²) in [5, 5.41) is 12.6. The molecule has 0 aromatic heterocycles. The van der Waals surface area contributed by atoms with Crippen LogP contribution in [0, 0.1) is 5.92 Å². The summed E-state index contributed by atoms with van der Waals surface area (Å²) in [4.78, 5) is 2.16.